The van der Waals surface area contributed by atoms with Crippen molar-refractivity contribution in [2.24, 2.45) is 0 Å². The van der Waals surface area contributed by atoms with Gasteiger partial charge in [-0.3, -0.25) is 9.97 Å². The molecule has 1 aromatic carbocycles. The molecule has 0 aliphatic rings. The molecule has 0 fully saturated rings. The molecule has 0 N–H and O–H groups in total. The van der Waals surface area contributed by atoms with E-state index in [-0.39, 0.29) is 5.82 Å². The van der Waals surface area contributed by atoms with Crippen molar-refractivity contribution < 1.29 is 4.39 Å². The maximum atomic E-state index is 13.3. The molecule has 0 aliphatic heterocycles. The van der Waals surface area contributed by atoms with Gasteiger partial charge in [-0.1, -0.05) is 12.1 Å². The average molecular weight is 264 g/mol. The van der Waals surface area contributed by atoms with Gasteiger partial charge in [0.15, 0.2) is 0 Å². The fourth-order valence-corrected chi connectivity index (χ4v) is 2.20. The van der Waals surface area contributed by atoms with Crippen molar-refractivity contribution in [2.75, 3.05) is 0 Å². The smallest absolute Gasteiger partial charge is 0.123 e. The molecule has 3 aromatic rings. The summed E-state index contributed by atoms with van der Waals surface area (Å²) in [5, 5.41) is 0. The van der Waals surface area contributed by atoms with Crippen LogP contribution in [0.4, 0.5) is 4.39 Å². The third kappa shape index (κ3) is 2.43. The fraction of sp³-hybridized carbons (Fsp3) is 0.0588. The molecule has 0 aliphatic carbocycles. The van der Waals surface area contributed by atoms with E-state index in [2.05, 4.69) is 9.97 Å². The van der Waals surface area contributed by atoms with Gasteiger partial charge in [0.2, 0.25) is 0 Å². The standard InChI is InChI=1S/C17H13FN2/c1-12-9-17(14-3-2-4-15(18)10-14)20-11-16(12)13-5-7-19-8-6-13/h2-11H,1H3. The Kier molecular flexibility index (Phi) is 3.25. The topological polar surface area (TPSA) is 25.8 Å². The maximum Gasteiger partial charge on any atom is 0.123 e. The van der Waals surface area contributed by atoms with E-state index in [9.17, 15) is 4.39 Å². The van der Waals surface area contributed by atoms with Crippen molar-refractivity contribution in [1.82, 2.24) is 9.97 Å². The molecule has 0 radical (unpaired) electrons. The molecule has 2 aromatic heterocycles. The second-order valence-corrected chi connectivity index (χ2v) is 4.63. The minimum atomic E-state index is -0.250. The van der Waals surface area contributed by atoms with Crippen LogP contribution in [0.25, 0.3) is 22.4 Å². The van der Waals surface area contributed by atoms with Gasteiger partial charge in [-0.05, 0) is 48.4 Å². The summed E-state index contributed by atoms with van der Waals surface area (Å²) >= 11 is 0. The van der Waals surface area contributed by atoms with Crippen molar-refractivity contribution in [3.63, 3.8) is 0 Å². The molecule has 0 spiro atoms. The second-order valence-electron chi connectivity index (χ2n) is 4.63. The van der Waals surface area contributed by atoms with Crippen LogP contribution in [-0.4, -0.2) is 9.97 Å². The summed E-state index contributed by atoms with van der Waals surface area (Å²) in [5.74, 6) is -0.250. The van der Waals surface area contributed by atoms with Crippen molar-refractivity contribution in [3.05, 3.63) is 72.4 Å². The fourth-order valence-electron chi connectivity index (χ4n) is 2.20. The van der Waals surface area contributed by atoms with Crippen molar-refractivity contribution in [3.8, 4) is 22.4 Å². The van der Waals surface area contributed by atoms with Gasteiger partial charge >= 0.3 is 0 Å². The van der Waals surface area contributed by atoms with E-state index >= 15 is 0 Å². The lowest BCUT2D eigenvalue weighted by atomic mass is 10.0. The SMILES string of the molecule is Cc1cc(-c2cccc(F)c2)ncc1-c1ccncc1. The number of hydrogen-bond donors (Lipinski definition) is 0. The van der Waals surface area contributed by atoms with Gasteiger partial charge in [0.1, 0.15) is 5.82 Å². The third-order valence-electron chi connectivity index (χ3n) is 3.22. The molecule has 2 heterocycles. The molecular formula is C17H13FN2. The van der Waals surface area contributed by atoms with Gasteiger partial charge in [-0.25, -0.2) is 4.39 Å². The number of benzene rings is 1. The molecule has 3 rings (SSSR count). The van der Waals surface area contributed by atoms with Gasteiger partial charge in [-0.2, -0.15) is 0 Å². The lowest BCUT2D eigenvalue weighted by Gasteiger charge is -2.08. The highest BCUT2D eigenvalue weighted by atomic mass is 19.1. The minimum absolute atomic E-state index is 0.250. The molecule has 0 unspecified atom stereocenters. The van der Waals surface area contributed by atoms with E-state index in [1.807, 2.05) is 37.4 Å². The molecule has 20 heavy (non-hydrogen) atoms. The molecule has 0 bridgehead atoms. The Morgan fingerprint density at radius 3 is 2.45 bits per heavy atom. The molecule has 0 saturated carbocycles. The van der Waals surface area contributed by atoms with Crippen LogP contribution in [0.2, 0.25) is 0 Å². The van der Waals surface area contributed by atoms with Crippen LogP contribution in [0.3, 0.4) is 0 Å². The first-order chi connectivity index (χ1) is 9.74. The Balaban J connectivity index is 2.04. The monoisotopic (exact) mass is 264 g/mol. The van der Waals surface area contributed by atoms with Crippen LogP contribution in [0.15, 0.2) is 61.1 Å². The largest absolute Gasteiger partial charge is 0.265 e. The Morgan fingerprint density at radius 2 is 1.75 bits per heavy atom. The van der Waals surface area contributed by atoms with Crippen LogP contribution in [0.5, 0.6) is 0 Å². The van der Waals surface area contributed by atoms with E-state index in [0.29, 0.717) is 0 Å². The number of pyridine rings is 2. The number of aryl methyl sites for hydroxylation is 1. The third-order valence-corrected chi connectivity index (χ3v) is 3.22. The first-order valence-corrected chi connectivity index (χ1v) is 6.37. The Hall–Kier alpha value is -2.55. The van der Waals surface area contributed by atoms with E-state index < -0.39 is 0 Å². The average Bonchev–Trinajstić information content (AvgIpc) is 2.48. The summed E-state index contributed by atoms with van der Waals surface area (Å²) < 4.78 is 13.3. The van der Waals surface area contributed by atoms with Gasteiger partial charge < -0.3 is 0 Å². The first-order valence-electron chi connectivity index (χ1n) is 6.37. The van der Waals surface area contributed by atoms with Crippen molar-refractivity contribution in [2.45, 2.75) is 6.92 Å². The Morgan fingerprint density at radius 1 is 0.950 bits per heavy atom. The maximum absolute atomic E-state index is 13.3. The van der Waals surface area contributed by atoms with Crippen molar-refractivity contribution in [1.29, 1.82) is 0 Å². The van der Waals surface area contributed by atoms with Crippen LogP contribution in [0, 0.1) is 12.7 Å². The van der Waals surface area contributed by atoms with Gasteiger partial charge in [0.25, 0.3) is 0 Å². The number of halogens is 1. The lowest BCUT2D eigenvalue weighted by molar-refractivity contribution is 0.628. The zero-order valence-corrected chi connectivity index (χ0v) is 11.0. The summed E-state index contributed by atoms with van der Waals surface area (Å²) in [5.41, 5.74) is 4.81. The molecule has 0 atom stereocenters. The summed E-state index contributed by atoms with van der Waals surface area (Å²) in [4.78, 5) is 8.45. The van der Waals surface area contributed by atoms with Crippen molar-refractivity contribution >= 4 is 0 Å². The zero-order chi connectivity index (χ0) is 13.9. The van der Waals surface area contributed by atoms with Crippen LogP contribution in [-0.2, 0) is 0 Å². The lowest BCUT2D eigenvalue weighted by Crippen LogP contribution is -1.90. The summed E-state index contributed by atoms with van der Waals surface area (Å²) in [6, 6.07) is 12.4. The van der Waals surface area contributed by atoms with Gasteiger partial charge in [0.05, 0.1) is 5.69 Å². The molecule has 98 valence electrons. The number of nitrogens with zero attached hydrogens (tertiary/aromatic N) is 2. The molecule has 0 saturated heterocycles. The summed E-state index contributed by atoms with van der Waals surface area (Å²) in [6.45, 7) is 2.03. The number of hydrogen-bond acceptors (Lipinski definition) is 2. The highest BCUT2D eigenvalue weighted by Crippen LogP contribution is 2.26. The molecule has 2 nitrogen and oxygen atoms in total. The number of rotatable bonds is 2. The summed E-state index contributed by atoms with van der Waals surface area (Å²) in [6.07, 6.45) is 5.34. The molecular weight excluding hydrogens is 251 g/mol. The van der Waals surface area contributed by atoms with E-state index in [1.54, 1.807) is 18.5 Å². The highest BCUT2D eigenvalue weighted by molar-refractivity contribution is 5.70. The normalized spacial score (nSPS) is 10.5. The van der Waals surface area contributed by atoms with E-state index in [4.69, 9.17) is 0 Å². The van der Waals surface area contributed by atoms with Gasteiger partial charge in [0, 0.05) is 29.7 Å². The van der Waals surface area contributed by atoms with Gasteiger partial charge in [-0.15, -0.1) is 0 Å². The highest BCUT2D eigenvalue weighted by Gasteiger charge is 2.06. The predicted molar refractivity (Wildman–Crippen MR) is 77.6 cm³/mol. The summed E-state index contributed by atoms with van der Waals surface area (Å²) in [7, 11) is 0. The van der Waals surface area contributed by atoms with Crippen LogP contribution in [0.1, 0.15) is 5.56 Å². The predicted octanol–water partition coefficient (Wildman–Crippen LogP) is 4.26. The zero-order valence-electron chi connectivity index (χ0n) is 11.0. The quantitative estimate of drug-likeness (QED) is 0.691. The first kappa shape index (κ1) is 12.5. The number of aromatic nitrogens is 2. The molecule has 0 amide bonds. The van der Waals surface area contributed by atoms with E-state index in [0.717, 1.165) is 27.9 Å². The molecule has 3 heteroatoms. The Labute approximate surface area is 117 Å². The Bertz CT molecular complexity index is 739. The van der Waals surface area contributed by atoms with E-state index in [1.165, 1.54) is 12.1 Å². The van der Waals surface area contributed by atoms with Crippen LogP contribution >= 0.6 is 0 Å². The second kappa shape index (κ2) is 5.21. The minimum Gasteiger partial charge on any atom is -0.265 e. The van der Waals surface area contributed by atoms with Crippen LogP contribution < -0.4 is 0 Å².